The van der Waals surface area contributed by atoms with Gasteiger partial charge < -0.3 is 9.94 Å². The number of hydrogen-bond acceptors (Lipinski definition) is 4. The summed E-state index contributed by atoms with van der Waals surface area (Å²) in [4.78, 5) is 1.08. The maximum atomic E-state index is 11.2. The lowest BCUT2D eigenvalue weighted by atomic mass is 10.3. The zero-order valence-corrected chi connectivity index (χ0v) is 9.47. The minimum atomic E-state index is -3.89. The van der Waals surface area contributed by atoms with Gasteiger partial charge in [0, 0.05) is 0 Å². The molecule has 0 spiro atoms. The van der Waals surface area contributed by atoms with Crippen LogP contribution in [-0.4, -0.2) is 20.2 Å². The van der Waals surface area contributed by atoms with Crippen molar-refractivity contribution in [2.75, 3.05) is 6.61 Å². The average Bonchev–Trinajstić information content (AvgIpc) is 2.21. The van der Waals surface area contributed by atoms with Gasteiger partial charge in [-0.05, 0) is 25.1 Å². The van der Waals surface area contributed by atoms with Crippen LogP contribution in [0.2, 0.25) is 5.02 Å². The molecule has 7 heteroatoms. The number of hydrogen-bond donors (Lipinski definition) is 2. The van der Waals surface area contributed by atoms with Crippen LogP contribution in [0, 0.1) is 0 Å². The highest BCUT2D eigenvalue weighted by atomic mass is 35.5. The fourth-order valence-electron chi connectivity index (χ4n) is 0.974. The average molecular weight is 252 g/mol. The highest BCUT2D eigenvalue weighted by Crippen LogP contribution is 2.27. The predicted molar refractivity (Wildman–Crippen MR) is 54.7 cm³/mol. The summed E-state index contributed by atoms with van der Waals surface area (Å²) in [5.74, 6) is 0.399. The Bertz CT molecular complexity index is 446. The van der Waals surface area contributed by atoms with E-state index in [2.05, 4.69) is 0 Å². The van der Waals surface area contributed by atoms with Crippen LogP contribution < -0.4 is 9.62 Å². The molecule has 0 saturated heterocycles. The van der Waals surface area contributed by atoms with E-state index in [1.807, 2.05) is 0 Å². The Balaban J connectivity index is 3.12. The van der Waals surface area contributed by atoms with Crippen molar-refractivity contribution < 1.29 is 18.4 Å². The molecule has 0 heterocycles. The van der Waals surface area contributed by atoms with Crippen molar-refractivity contribution in [1.29, 1.82) is 0 Å². The Labute approximate surface area is 92.6 Å². The normalized spacial score (nSPS) is 11.4. The number of halogens is 1. The monoisotopic (exact) mass is 251 g/mol. The van der Waals surface area contributed by atoms with Gasteiger partial charge in [0.25, 0.3) is 10.0 Å². The zero-order valence-electron chi connectivity index (χ0n) is 7.90. The maximum Gasteiger partial charge on any atom is 0.262 e. The summed E-state index contributed by atoms with van der Waals surface area (Å²) < 4.78 is 27.5. The second-order valence-corrected chi connectivity index (χ2v) is 4.69. The standard InChI is InChI=1S/C8H10ClNO4S/c1-2-14-8-4-3-6(5-7(8)9)15(12,13)10-11/h3-5,10-11H,2H2,1H3. The first-order chi connectivity index (χ1) is 7.01. The van der Waals surface area contributed by atoms with E-state index in [4.69, 9.17) is 21.5 Å². The van der Waals surface area contributed by atoms with Crippen molar-refractivity contribution in [2.45, 2.75) is 11.8 Å². The number of ether oxygens (including phenoxy) is 1. The molecule has 0 aliphatic rings. The van der Waals surface area contributed by atoms with E-state index in [-0.39, 0.29) is 9.92 Å². The molecule has 0 radical (unpaired) electrons. The zero-order chi connectivity index (χ0) is 11.5. The molecule has 0 bridgehead atoms. The summed E-state index contributed by atoms with van der Waals surface area (Å²) in [5, 5.41) is 8.57. The number of nitrogens with one attached hydrogen (secondary N) is 1. The van der Waals surface area contributed by atoms with Gasteiger partial charge in [-0.2, -0.15) is 0 Å². The Morgan fingerprint density at radius 1 is 1.53 bits per heavy atom. The first-order valence-corrected chi connectivity index (χ1v) is 5.95. The van der Waals surface area contributed by atoms with Crippen molar-refractivity contribution in [3.63, 3.8) is 0 Å². The summed E-state index contributed by atoms with van der Waals surface area (Å²) in [6, 6.07) is 3.91. The minimum Gasteiger partial charge on any atom is -0.492 e. The topological polar surface area (TPSA) is 75.6 Å². The molecule has 1 rings (SSSR count). The number of benzene rings is 1. The van der Waals surface area contributed by atoms with Gasteiger partial charge >= 0.3 is 0 Å². The lowest BCUT2D eigenvalue weighted by Gasteiger charge is -2.07. The molecule has 0 amide bonds. The summed E-state index contributed by atoms with van der Waals surface area (Å²) >= 11 is 5.77. The maximum absolute atomic E-state index is 11.2. The second-order valence-electron chi connectivity index (χ2n) is 2.62. The van der Waals surface area contributed by atoms with E-state index in [1.165, 1.54) is 23.1 Å². The van der Waals surface area contributed by atoms with Crippen molar-refractivity contribution in [3.05, 3.63) is 23.2 Å². The minimum absolute atomic E-state index is 0.126. The third-order valence-corrected chi connectivity index (χ3v) is 3.04. The van der Waals surface area contributed by atoms with Crippen LogP contribution in [0.4, 0.5) is 0 Å². The first-order valence-electron chi connectivity index (χ1n) is 4.09. The van der Waals surface area contributed by atoms with Crippen LogP contribution in [0.15, 0.2) is 23.1 Å². The van der Waals surface area contributed by atoms with E-state index in [1.54, 1.807) is 6.92 Å². The van der Waals surface area contributed by atoms with Crippen LogP contribution in [0.5, 0.6) is 5.75 Å². The number of rotatable bonds is 4. The van der Waals surface area contributed by atoms with E-state index >= 15 is 0 Å². The summed E-state index contributed by atoms with van der Waals surface area (Å²) in [6.07, 6.45) is 0. The Kier molecular flexibility index (Phi) is 3.92. The van der Waals surface area contributed by atoms with Crippen LogP contribution in [0.25, 0.3) is 0 Å². The molecule has 1 aromatic carbocycles. The molecule has 84 valence electrons. The van der Waals surface area contributed by atoms with Gasteiger partial charge in [0.1, 0.15) is 5.75 Å². The fourth-order valence-corrected chi connectivity index (χ4v) is 1.90. The van der Waals surface area contributed by atoms with Gasteiger partial charge in [0.05, 0.1) is 16.5 Å². The molecule has 2 N–H and O–H groups in total. The van der Waals surface area contributed by atoms with E-state index in [0.717, 1.165) is 0 Å². The lowest BCUT2D eigenvalue weighted by molar-refractivity contribution is 0.242. The Morgan fingerprint density at radius 3 is 2.67 bits per heavy atom. The summed E-state index contributed by atoms with van der Waals surface area (Å²) in [7, 11) is -3.89. The molecule has 0 aliphatic heterocycles. The second kappa shape index (κ2) is 4.80. The van der Waals surface area contributed by atoms with Crippen LogP contribution >= 0.6 is 11.6 Å². The van der Waals surface area contributed by atoms with Gasteiger partial charge in [-0.1, -0.05) is 16.5 Å². The fraction of sp³-hybridized carbons (Fsp3) is 0.250. The van der Waals surface area contributed by atoms with Crippen LogP contribution in [0.3, 0.4) is 0 Å². The van der Waals surface area contributed by atoms with Crippen LogP contribution in [0.1, 0.15) is 6.92 Å². The largest absolute Gasteiger partial charge is 0.492 e. The quantitative estimate of drug-likeness (QED) is 0.794. The molecule has 0 aliphatic carbocycles. The van der Waals surface area contributed by atoms with Crippen molar-refractivity contribution in [1.82, 2.24) is 4.89 Å². The molecule has 5 nitrogen and oxygen atoms in total. The van der Waals surface area contributed by atoms with Gasteiger partial charge in [-0.15, -0.1) is 0 Å². The van der Waals surface area contributed by atoms with Gasteiger partial charge in [-0.25, -0.2) is 8.42 Å². The molecule has 0 unspecified atom stereocenters. The van der Waals surface area contributed by atoms with Crippen molar-refractivity contribution in [3.8, 4) is 5.75 Å². The van der Waals surface area contributed by atoms with Crippen molar-refractivity contribution in [2.24, 2.45) is 0 Å². The molecule has 0 saturated carbocycles. The van der Waals surface area contributed by atoms with Gasteiger partial charge in [-0.3, -0.25) is 0 Å². The molecular formula is C8H10ClNO4S. The predicted octanol–water partition coefficient (Wildman–Crippen LogP) is 1.41. The van der Waals surface area contributed by atoms with E-state index < -0.39 is 10.0 Å². The lowest BCUT2D eigenvalue weighted by Crippen LogP contribution is -2.19. The summed E-state index contributed by atoms with van der Waals surface area (Å²) in [6.45, 7) is 2.22. The number of sulfonamides is 1. The highest BCUT2D eigenvalue weighted by Gasteiger charge is 2.14. The molecule has 0 aromatic heterocycles. The highest BCUT2D eigenvalue weighted by molar-refractivity contribution is 7.89. The SMILES string of the molecule is CCOc1ccc(S(=O)(=O)NO)cc1Cl. The summed E-state index contributed by atoms with van der Waals surface area (Å²) in [5.41, 5.74) is 0. The van der Waals surface area contributed by atoms with Crippen LogP contribution in [-0.2, 0) is 10.0 Å². The van der Waals surface area contributed by atoms with Crippen molar-refractivity contribution >= 4 is 21.6 Å². The molecule has 0 atom stereocenters. The molecule has 0 fully saturated rings. The first kappa shape index (κ1) is 12.3. The van der Waals surface area contributed by atoms with Gasteiger partial charge in [0.2, 0.25) is 0 Å². The Hall–Kier alpha value is -0.820. The Morgan fingerprint density at radius 2 is 2.20 bits per heavy atom. The third-order valence-electron chi connectivity index (χ3n) is 1.63. The smallest absolute Gasteiger partial charge is 0.262 e. The third kappa shape index (κ3) is 2.82. The molecule has 15 heavy (non-hydrogen) atoms. The van der Waals surface area contributed by atoms with Gasteiger partial charge in [0.15, 0.2) is 0 Å². The van der Waals surface area contributed by atoms with E-state index in [9.17, 15) is 8.42 Å². The molecule has 1 aromatic rings. The van der Waals surface area contributed by atoms with E-state index in [0.29, 0.717) is 12.4 Å². The molecular weight excluding hydrogens is 242 g/mol.